The van der Waals surface area contributed by atoms with Crippen molar-refractivity contribution in [3.8, 4) is 11.5 Å². The van der Waals surface area contributed by atoms with Crippen LogP contribution in [0.3, 0.4) is 0 Å². The zero-order valence-corrected chi connectivity index (χ0v) is 20.5. The summed E-state index contributed by atoms with van der Waals surface area (Å²) in [5.74, 6) is 2.41. The Morgan fingerprint density at radius 3 is 2.73 bits per heavy atom. The molecule has 1 aromatic heterocycles. The summed E-state index contributed by atoms with van der Waals surface area (Å²) in [6.45, 7) is 4.38. The van der Waals surface area contributed by atoms with Crippen LogP contribution in [-0.2, 0) is 13.1 Å². The molecule has 0 saturated heterocycles. The number of guanidine groups is 1. The van der Waals surface area contributed by atoms with E-state index >= 15 is 0 Å². The first kappa shape index (κ1) is 24.3. The quantitative estimate of drug-likeness (QED) is 0.224. The van der Waals surface area contributed by atoms with E-state index in [9.17, 15) is 0 Å². The lowest BCUT2D eigenvalue weighted by atomic mass is 10.1. The molecule has 1 saturated carbocycles. The maximum Gasteiger partial charge on any atom is 0.191 e. The van der Waals surface area contributed by atoms with Crippen molar-refractivity contribution in [1.82, 2.24) is 20.4 Å². The molecule has 1 aliphatic carbocycles. The van der Waals surface area contributed by atoms with Gasteiger partial charge in [-0.3, -0.25) is 9.67 Å². The summed E-state index contributed by atoms with van der Waals surface area (Å²) in [5.41, 5.74) is 2.26. The molecule has 1 aliphatic rings. The first-order valence-corrected chi connectivity index (χ1v) is 10.5. The normalized spacial score (nSPS) is 14.3. The fourth-order valence-corrected chi connectivity index (χ4v) is 3.60. The molecule has 166 valence electrons. The van der Waals surface area contributed by atoms with E-state index in [0.29, 0.717) is 6.54 Å². The number of nitrogens with one attached hydrogen (secondary N) is 2. The van der Waals surface area contributed by atoms with Gasteiger partial charge in [-0.05, 0) is 50.7 Å². The van der Waals surface area contributed by atoms with Crippen molar-refractivity contribution < 1.29 is 9.47 Å². The Bertz CT molecular complexity index is 803. The van der Waals surface area contributed by atoms with Crippen molar-refractivity contribution >= 4 is 29.9 Å². The molecule has 1 fully saturated rings. The average molecular weight is 527 g/mol. The van der Waals surface area contributed by atoms with E-state index in [1.807, 2.05) is 23.0 Å². The van der Waals surface area contributed by atoms with Crippen LogP contribution in [0.1, 0.15) is 43.2 Å². The number of halogens is 1. The largest absolute Gasteiger partial charge is 0.493 e. The molecule has 1 aromatic carbocycles. The van der Waals surface area contributed by atoms with Gasteiger partial charge in [-0.2, -0.15) is 5.10 Å². The minimum atomic E-state index is 0. The molecule has 30 heavy (non-hydrogen) atoms. The molecule has 8 heteroatoms. The van der Waals surface area contributed by atoms with Gasteiger partial charge in [0, 0.05) is 38.4 Å². The number of nitrogens with zero attached hydrogens (tertiary/aromatic N) is 3. The van der Waals surface area contributed by atoms with Crippen molar-refractivity contribution in [1.29, 1.82) is 0 Å². The van der Waals surface area contributed by atoms with E-state index in [1.54, 1.807) is 14.2 Å². The van der Waals surface area contributed by atoms with Crippen LogP contribution >= 0.6 is 24.0 Å². The number of benzene rings is 1. The highest BCUT2D eigenvalue weighted by molar-refractivity contribution is 14.0. The topological polar surface area (TPSA) is 72.7 Å². The van der Waals surface area contributed by atoms with E-state index < -0.39 is 0 Å². The van der Waals surface area contributed by atoms with Gasteiger partial charge >= 0.3 is 0 Å². The van der Waals surface area contributed by atoms with Crippen LogP contribution in [0.5, 0.6) is 11.5 Å². The predicted molar refractivity (Wildman–Crippen MR) is 131 cm³/mol. The second kappa shape index (κ2) is 12.7. The lowest BCUT2D eigenvalue weighted by molar-refractivity contribution is 0.198. The molecule has 0 aliphatic heterocycles. The van der Waals surface area contributed by atoms with E-state index in [1.165, 1.54) is 18.4 Å². The Hall–Kier alpha value is -1.97. The number of aromatic nitrogens is 2. The zero-order valence-electron chi connectivity index (χ0n) is 18.2. The van der Waals surface area contributed by atoms with Crippen molar-refractivity contribution in [3.05, 3.63) is 41.7 Å². The van der Waals surface area contributed by atoms with Crippen LogP contribution in [0.15, 0.2) is 35.6 Å². The number of ether oxygens (including phenoxy) is 2. The van der Waals surface area contributed by atoms with Gasteiger partial charge in [-0.15, -0.1) is 24.0 Å². The summed E-state index contributed by atoms with van der Waals surface area (Å²) < 4.78 is 13.8. The Labute approximate surface area is 196 Å². The van der Waals surface area contributed by atoms with Gasteiger partial charge in [0.2, 0.25) is 0 Å². The summed E-state index contributed by atoms with van der Waals surface area (Å²) in [4.78, 5) is 4.33. The molecule has 0 unspecified atom stereocenters. The van der Waals surface area contributed by atoms with Crippen molar-refractivity contribution in [2.45, 2.75) is 58.2 Å². The van der Waals surface area contributed by atoms with Gasteiger partial charge in [-0.25, -0.2) is 0 Å². The smallest absolute Gasteiger partial charge is 0.191 e. The summed E-state index contributed by atoms with van der Waals surface area (Å²) in [6, 6.07) is 6.03. The number of para-hydroxylation sites is 1. The minimum absolute atomic E-state index is 0. The maximum atomic E-state index is 6.31. The van der Waals surface area contributed by atoms with Gasteiger partial charge in [-0.1, -0.05) is 12.1 Å². The molecular weight excluding hydrogens is 493 g/mol. The first-order chi connectivity index (χ1) is 14.2. The summed E-state index contributed by atoms with van der Waals surface area (Å²) in [5, 5.41) is 11.1. The third-order valence-electron chi connectivity index (χ3n) is 5.16. The zero-order chi connectivity index (χ0) is 20.5. The number of methoxy groups -OCH3 is 1. The molecular formula is C22H34IN5O2. The Balaban J connectivity index is 0.00000320. The van der Waals surface area contributed by atoms with Crippen LogP contribution < -0.4 is 20.1 Å². The molecule has 0 amide bonds. The predicted octanol–water partition coefficient (Wildman–Crippen LogP) is 3.89. The molecule has 0 radical (unpaired) electrons. The van der Waals surface area contributed by atoms with Crippen molar-refractivity contribution in [3.63, 3.8) is 0 Å². The molecule has 7 nitrogen and oxygen atoms in total. The van der Waals surface area contributed by atoms with Gasteiger partial charge in [0.1, 0.15) is 0 Å². The highest BCUT2D eigenvalue weighted by Crippen LogP contribution is 2.34. The summed E-state index contributed by atoms with van der Waals surface area (Å²) in [7, 11) is 3.48. The molecule has 0 atom stereocenters. The minimum Gasteiger partial charge on any atom is -0.493 e. The molecule has 3 rings (SSSR count). The second-order valence-corrected chi connectivity index (χ2v) is 7.46. The van der Waals surface area contributed by atoms with Crippen molar-refractivity contribution in [2.75, 3.05) is 20.7 Å². The van der Waals surface area contributed by atoms with Crippen LogP contribution in [0.25, 0.3) is 0 Å². The van der Waals surface area contributed by atoms with Gasteiger partial charge in [0.15, 0.2) is 17.5 Å². The standard InChI is InChI=1S/C22H33N5O2.HI/c1-17-14-26-27(16-17)13-7-12-24-22(23-2)25-15-18-8-6-11-20(28-3)21(18)29-19-9-4-5-10-19;/h6,8,11,14,16,19H,4-5,7,9-10,12-13,15H2,1-3H3,(H2,23,24,25);1H. The van der Waals surface area contributed by atoms with E-state index in [-0.39, 0.29) is 30.1 Å². The number of hydrogen-bond donors (Lipinski definition) is 2. The van der Waals surface area contributed by atoms with Crippen LogP contribution in [0, 0.1) is 6.92 Å². The van der Waals surface area contributed by atoms with Gasteiger partial charge < -0.3 is 20.1 Å². The summed E-state index contributed by atoms with van der Waals surface area (Å²) >= 11 is 0. The Morgan fingerprint density at radius 2 is 2.07 bits per heavy atom. The highest BCUT2D eigenvalue weighted by Gasteiger charge is 2.20. The first-order valence-electron chi connectivity index (χ1n) is 10.5. The molecule has 1 heterocycles. The lowest BCUT2D eigenvalue weighted by Crippen LogP contribution is -2.37. The third kappa shape index (κ3) is 7.07. The number of aliphatic imine (C=N–C) groups is 1. The Morgan fingerprint density at radius 1 is 1.27 bits per heavy atom. The Kier molecular flexibility index (Phi) is 10.3. The maximum absolute atomic E-state index is 6.31. The molecule has 2 N–H and O–H groups in total. The van der Waals surface area contributed by atoms with Crippen LogP contribution in [0.2, 0.25) is 0 Å². The van der Waals surface area contributed by atoms with E-state index in [0.717, 1.165) is 55.4 Å². The van der Waals surface area contributed by atoms with Crippen LogP contribution in [0.4, 0.5) is 0 Å². The number of rotatable bonds is 9. The second-order valence-electron chi connectivity index (χ2n) is 7.46. The fraction of sp³-hybridized carbons (Fsp3) is 0.545. The third-order valence-corrected chi connectivity index (χ3v) is 5.16. The monoisotopic (exact) mass is 527 g/mol. The SMILES string of the molecule is CN=C(NCCCn1cc(C)cn1)NCc1cccc(OC)c1OC1CCCC1.I. The van der Waals surface area contributed by atoms with Crippen molar-refractivity contribution in [2.24, 2.45) is 4.99 Å². The van der Waals surface area contributed by atoms with E-state index in [2.05, 4.69) is 39.9 Å². The fourth-order valence-electron chi connectivity index (χ4n) is 3.60. The average Bonchev–Trinajstić information content (AvgIpc) is 3.40. The molecule has 0 bridgehead atoms. The molecule has 0 spiro atoms. The lowest BCUT2D eigenvalue weighted by Gasteiger charge is -2.20. The van der Waals surface area contributed by atoms with E-state index in [4.69, 9.17) is 9.47 Å². The number of hydrogen-bond acceptors (Lipinski definition) is 4. The van der Waals surface area contributed by atoms with Gasteiger partial charge in [0.05, 0.1) is 19.4 Å². The number of aryl methyl sites for hydroxylation is 2. The van der Waals surface area contributed by atoms with Gasteiger partial charge in [0.25, 0.3) is 0 Å². The highest BCUT2D eigenvalue weighted by atomic mass is 127. The summed E-state index contributed by atoms with van der Waals surface area (Å²) in [6.07, 6.45) is 9.90. The molecule has 2 aromatic rings. The van der Waals surface area contributed by atoms with Crippen LogP contribution in [-0.4, -0.2) is 42.5 Å².